The summed E-state index contributed by atoms with van der Waals surface area (Å²) in [5.74, 6) is 0. The van der Waals surface area contributed by atoms with Gasteiger partial charge in [0.05, 0.1) is 17.6 Å². The van der Waals surface area contributed by atoms with Gasteiger partial charge in [-0.05, 0) is 11.6 Å². The Morgan fingerprint density at radius 1 is 1.15 bits per heavy atom. The molecule has 0 N–H and O–H groups in total. The number of hydrogen-bond acceptors (Lipinski definition) is 4. The van der Waals surface area contributed by atoms with E-state index in [9.17, 15) is 0 Å². The minimum absolute atomic E-state index is 0.734. The first-order valence-electron chi connectivity index (χ1n) is 4.05. The van der Waals surface area contributed by atoms with Gasteiger partial charge in [-0.2, -0.15) is 5.11 Å². The maximum atomic E-state index is 4.10. The van der Waals surface area contributed by atoms with Crippen molar-refractivity contribution < 1.29 is 0 Å². The average Bonchev–Trinajstić information content (AvgIpc) is 2.87. The van der Waals surface area contributed by atoms with E-state index in [2.05, 4.69) is 20.2 Å². The first kappa shape index (κ1) is 6.65. The quantitative estimate of drug-likeness (QED) is 0.599. The van der Waals surface area contributed by atoms with Gasteiger partial charge in [0.1, 0.15) is 12.0 Å². The second-order valence-electron chi connectivity index (χ2n) is 2.98. The van der Waals surface area contributed by atoms with Crippen LogP contribution in [0.3, 0.4) is 0 Å². The maximum absolute atomic E-state index is 4.10. The fourth-order valence-electron chi connectivity index (χ4n) is 1.22. The molecule has 0 atom stereocenters. The summed E-state index contributed by atoms with van der Waals surface area (Å²) in [6.45, 7) is 0. The van der Waals surface area contributed by atoms with E-state index < -0.39 is 0 Å². The molecule has 4 nitrogen and oxygen atoms in total. The molecule has 0 amide bonds. The van der Waals surface area contributed by atoms with Crippen LogP contribution in [0.25, 0.3) is 6.08 Å². The Kier molecular flexibility index (Phi) is 1.19. The molecule has 13 heavy (non-hydrogen) atoms. The summed E-state index contributed by atoms with van der Waals surface area (Å²) in [4.78, 5) is 7.99. The van der Waals surface area contributed by atoms with E-state index >= 15 is 0 Å². The van der Waals surface area contributed by atoms with E-state index in [1.807, 2.05) is 12.2 Å². The third-order valence-electron chi connectivity index (χ3n) is 2.05. The molecule has 0 bridgehead atoms. The molecule has 3 rings (SSSR count). The number of fused-ring (bicyclic) bond motifs is 1. The number of hydrogen-bond donors (Lipinski definition) is 0. The topological polar surface area (TPSA) is 50.5 Å². The Morgan fingerprint density at radius 3 is 3.15 bits per heavy atom. The second kappa shape index (κ2) is 2.32. The average molecular weight is 170 g/mol. The molecule has 0 saturated heterocycles. The summed E-state index contributed by atoms with van der Waals surface area (Å²) >= 11 is 0. The van der Waals surface area contributed by atoms with Gasteiger partial charge in [0.2, 0.25) is 0 Å². The predicted octanol–water partition coefficient (Wildman–Crippen LogP) is 2.24. The first-order chi connectivity index (χ1) is 6.43. The van der Waals surface area contributed by atoms with Crippen molar-refractivity contribution in [1.82, 2.24) is 9.97 Å². The second-order valence-corrected chi connectivity index (χ2v) is 2.98. The standard InChI is InChI=1S/C9H6N4/c1-2-7-9(4-10-5-11-7)13-12-8-3-6(1)8/h1-2,4-5H,3H2/b2-1-,6-1?,7-2?,12-8?,13-9?,13-12?. The van der Waals surface area contributed by atoms with Crippen LogP contribution in [0.2, 0.25) is 0 Å². The maximum Gasteiger partial charge on any atom is 0.130 e. The van der Waals surface area contributed by atoms with Gasteiger partial charge in [0, 0.05) is 6.42 Å². The molecule has 1 aliphatic carbocycles. The minimum Gasteiger partial charge on any atom is -0.242 e. The molecule has 0 aromatic carbocycles. The van der Waals surface area contributed by atoms with Gasteiger partial charge in [-0.25, -0.2) is 9.97 Å². The normalized spacial score (nSPS) is 20.0. The van der Waals surface area contributed by atoms with Gasteiger partial charge in [0.15, 0.2) is 0 Å². The number of nitrogens with zero attached hydrogens (tertiary/aromatic N) is 4. The molecule has 1 aromatic heterocycles. The fourth-order valence-corrected chi connectivity index (χ4v) is 1.22. The van der Waals surface area contributed by atoms with Crippen molar-refractivity contribution in [2.75, 3.05) is 0 Å². The molecule has 0 radical (unpaired) electrons. The van der Waals surface area contributed by atoms with Crippen molar-refractivity contribution >= 4 is 11.8 Å². The van der Waals surface area contributed by atoms with Crippen molar-refractivity contribution in [3.63, 3.8) is 0 Å². The van der Waals surface area contributed by atoms with Gasteiger partial charge in [0.25, 0.3) is 0 Å². The molecule has 0 saturated carbocycles. The molecule has 1 aromatic rings. The largest absolute Gasteiger partial charge is 0.242 e. The highest BCUT2D eigenvalue weighted by Crippen LogP contribution is 2.36. The highest BCUT2D eigenvalue weighted by Gasteiger charge is 2.20. The molecule has 2 aliphatic rings. The molecule has 1 aliphatic heterocycles. The molecular weight excluding hydrogens is 164 g/mol. The number of rotatable bonds is 0. The molecule has 62 valence electrons. The Hall–Kier alpha value is -1.84. The fraction of sp³-hybridized carbons (Fsp3) is 0.111. The van der Waals surface area contributed by atoms with Crippen LogP contribution in [-0.4, -0.2) is 9.97 Å². The van der Waals surface area contributed by atoms with E-state index in [1.165, 1.54) is 11.9 Å². The first-order valence-corrected chi connectivity index (χ1v) is 4.05. The van der Waals surface area contributed by atoms with Gasteiger partial charge in [-0.3, -0.25) is 0 Å². The predicted molar refractivity (Wildman–Crippen MR) is 47.2 cm³/mol. The zero-order valence-electron chi connectivity index (χ0n) is 6.81. The van der Waals surface area contributed by atoms with Crippen LogP contribution in [0.15, 0.2) is 40.1 Å². The number of allylic oxidation sites excluding steroid dienone is 3. The highest BCUT2D eigenvalue weighted by atomic mass is 15.1. The summed E-state index contributed by atoms with van der Waals surface area (Å²) < 4.78 is 0. The van der Waals surface area contributed by atoms with Crippen LogP contribution in [0.5, 0.6) is 0 Å². The lowest BCUT2D eigenvalue weighted by atomic mass is 10.3. The molecule has 0 unspecified atom stereocenters. The molecule has 0 fully saturated rings. The van der Waals surface area contributed by atoms with E-state index in [0.717, 1.165) is 23.5 Å². The Bertz CT molecular complexity index is 415. The lowest BCUT2D eigenvalue weighted by molar-refractivity contribution is 1.09. The van der Waals surface area contributed by atoms with Crippen molar-refractivity contribution in [3.8, 4) is 0 Å². The summed E-state index contributed by atoms with van der Waals surface area (Å²) in [5, 5.41) is 8.13. The molecular formula is C9H6N4. The lowest BCUT2D eigenvalue weighted by Crippen LogP contribution is -1.83. The molecule has 2 heterocycles. The van der Waals surface area contributed by atoms with Crippen LogP contribution in [0.1, 0.15) is 12.1 Å². The molecule has 4 heteroatoms. The number of aromatic nitrogens is 2. The van der Waals surface area contributed by atoms with Crippen molar-refractivity contribution in [3.05, 3.63) is 35.6 Å². The zero-order chi connectivity index (χ0) is 8.67. The summed E-state index contributed by atoms with van der Waals surface area (Å²) in [5.41, 5.74) is 3.90. The van der Waals surface area contributed by atoms with Crippen LogP contribution in [0, 0.1) is 0 Å². The van der Waals surface area contributed by atoms with E-state index in [1.54, 1.807) is 6.20 Å². The third-order valence-corrected chi connectivity index (χ3v) is 2.05. The van der Waals surface area contributed by atoms with Crippen LogP contribution < -0.4 is 0 Å². The van der Waals surface area contributed by atoms with Crippen molar-refractivity contribution in [1.29, 1.82) is 0 Å². The number of azo groups is 1. The smallest absolute Gasteiger partial charge is 0.130 e. The van der Waals surface area contributed by atoms with E-state index in [0.29, 0.717) is 0 Å². The van der Waals surface area contributed by atoms with E-state index in [-0.39, 0.29) is 0 Å². The zero-order valence-corrected chi connectivity index (χ0v) is 6.81. The van der Waals surface area contributed by atoms with E-state index in [4.69, 9.17) is 0 Å². The van der Waals surface area contributed by atoms with Gasteiger partial charge < -0.3 is 0 Å². The summed E-state index contributed by atoms with van der Waals surface area (Å²) in [6, 6.07) is 0. The monoisotopic (exact) mass is 170 g/mol. The summed E-state index contributed by atoms with van der Waals surface area (Å²) in [6.07, 6.45) is 8.14. The third kappa shape index (κ3) is 1.07. The Balaban J connectivity index is 2.17. The van der Waals surface area contributed by atoms with Crippen molar-refractivity contribution in [2.24, 2.45) is 10.2 Å². The van der Waals surface area contributed by atoms with Crippen LogP contribution in [-0.2, 0) is 0 Å². The van der Waals surface area contributed by atoms with Crippen LogP contribution in [0.4, 0.5) is 5.69 Å². The van der Waals surface area contributed by atoms with Gasteiger partial charge in [-0.15, -0.1) is 5.11 Å². The highest BCUT2D eigenvalue weighted by molar-refractivity contribution is 5.64. The minimum atomic E-state index is 0.734. The van der Waals surface area contributed by atoms with Crippen molar-refractivity contribution in [2.45, 2.75) is 6.42 Å². The Morgan fingerprint density at radius 2 is 2.15 bits per heavy atom. The Labute approximate surface area is 74.8 Å². The molecule has 0 spiro atoms. The lowest BCUT2D eigenvalue weighted by Gasteiger charge is -1.96. The SMILES string of the molecule is C1=C\c2ncncc2N=NC2=C/1C2. The van der Waals surface area contributed by atoms with Gasteiger partial charge in [-0.1, -0.05) is 6.08 Å². The van der Waals surface area contributed by atoms with Crippen LogP contribution >= 0.6 is 0 Å². The summed E-state index contributed by atoms with van der Waals surface area (Å²) in [7, 11) is 0. The van der Waals surface area contributed by atoms with Gasteiger partial charge >= 0.3 is 0 Å².